The number of hydrogen-bond donors (Lipinski definition) is 0. The highest BCUT2D eigenvalue weighted by Gasteiger charge is 2.52. The van der Waals surface area contributed by atoms with E-state index >= 15 is 0 Å². The highest BCUT2D eigenvalue weighted by atomic mass is 35.5. The molecule has 3 rings (SSSR count). The fourth-order valence-electron chi connectivity index (χ4n) is 3.26. The number of carbonyl (C=O) groups is 3. The second-order valence-electron chi connectivity index (χ2n) is 6.15. The number of Topliss-reactive ketones (excluding diaryl/α,β-unsaturated/α-hetero) is 2. The van der Waals surface area contributed by atoms with Crippen molar-refractivity contribution in [3.05, 3.63) is 58.6 Å². The Morgan fingerprint density at radius 3 is 2.72 bits per heavy atom. The number of nitrogens with zero attached hydrogens (tertiary/aromatic N) is 1. The number of rotatable bonds is 3. The van der Waals surface area contributed by atoms with Crippen LogP contribution in [0.15, 0.2) is 36.5 Å². The maximum Gasteiger partial charge on any atom is 0.324 e. The normalized spacial score (nSPS) is 22.6. The summed E-state index contributed by atoms with van der Waals surface area (Å²) in [5.74, 6) is -4.10. The fraction of sp³-hybridized carbons (Fsp3) is 0.278. The quantitative estimate of drug-likeness (QED) is 0.621. The summed E-state index contributed by atoms with van der Waals surface area (Å²) in [4.78, 5) is 37.6. The van der Waals surface area contributed by atoms with Gasteiger partial charge in [-0.2, -0.15) is 0 Å². The molecule has 0 spiro atoms. The Labute approximate surface area is 148 Å². The zero-order valence-corrected chi connectivity index (χ0v) is 14.3. The zero-order valence-electron chi connectivity index (χ0n) is 13.6. The molecule has 1 aliphatic heterocycles. The molecule has 0 radical (unpaired) electrons. The third kappa shape index (κ3) is 2.66. The Morgan fingerprint density at radius 2 is 2.08 bits per heavy atom. The molecule has 2 heterocycles. The largest absolute Gasteiger partial charge is 0.468 e. The molecular weight excluding hydrogens is 349 g/mol. The standard InChI is InChI=1S/C18H15ClFNO4/c1-18(9-10-5-6-12(20)11(19)8-10)16(23)14(17(24)25-2)15(22)13-4-3-7-21(13)18/h3-8,14H,9H2,1-2H3. The zero-order chi connectivity index (χ0) is 18.4. The second-order valence-corrected chi connectivity index (χ2v) is 6.55. The van der Waals surface area contributed by atoms with Crippen LogP contribution in [0.25, 0.3) is 0 Å². The molecule has 2 unspecified atom stereocenters. The molecule has 1 aliphatic rings. The molecule has 7 heteroatoms. The van der Waals surface area contributed by atoms with E-state index < -0.39 is 34.8 Å². The first-order valence-corrected chi connectivity index (χ1v) is 7.95. The van der Waals surface area contributed by atoms with Crippen molar-refractivity contribution in [3.63, 3.8) is 0 Å². The molecule has 2 aromatic rings. The SMILES string of the molecule is COC(=O)C1C(=O)c2cccn2C(C)(Cc2ccc(F)c(Cl)c2)C1=O. The molecule has 0 saturated carbocycles. The summed E-state index contributed by atoms with van der Waals surface area (Å²) in [6.45, 7) is 1.64. The Balaban J connectivity index is 2.10. The van der Waals surface area contributed by atoms with Crippen molar-refractivity contribution >= 4 is 29.1 Å². The van der Waals surface area contributed by atoms with Crippen LogP contribution in [-0.2, 0) is 26.3 Å². The summed E-state index contributed by atoms with van der Waals surface area (Å²) in [7, 11) is 1.13. The van der Waals surface area contributed by atoms with E-state index in [1.165, 1.54) is 18.2 Å². The van der Waals surface area contributed by atoms with Gasteiger partial charge in [-0.25, -0.2) is 4.39 Å². The number of halogens is 2. The van der Waals surface area contributed by atoms with Crippen molar-refractivity contribution in [2.75, 3.05) is 7.11 Å². The van der Waals surface area contributed by atoms with E-state index in [0.717, 1.165) is 7.11 Å². The Hall–Kier alpha value is -2.47. The lowest BCUT2D eigenvalue weighted by Crippen LogP contribution is -2.54. The molecule has 0 saturated heterocycles. The van der Waals surface area contributed by atoms with E-state index in [-0.39, 0.29) is 17.1 Å². The Morgan fingerprint density at radius 1 is 1.36 bits per heavy atom. The van der Waals surface area contributed by atoms with Crippen LogP contribution in [0.1, 0.15) is 23.0 Å². The first-order chi connectivity index (χ1) is 11.8. The summed E-state index contributed by atoms with van der Waals surface area (Å²) in [6, 6.07) is 7.36. The minimum Gasteiger partial charge on any atom is -0.468 e. The maximum absolute atomic E-state index is 13.4. The highest BCUT2D eigenvalue weighted by molar-refractivity contribution is 6.30. The number of ketones is 2. The van der Waals surface area contributed by atoms with Crippen molar-refractivity contribution in [1.29, 1.82) is 0 Å². The van der Waals surface area contributed by atoms with Gasteiger partial charge in [0.2, 0.25) is 5.78 Å². The van der Waals surface area contributed by atoms with Gasteiger partial charge >= 0.3 is 5.97 Å². The molecule has 130 valence electrons. The lowest BCUT2D eigenvalue weighted by Gasteiger charge is -2.37. The number of ether oxygens (including phenoxy) is 1. The Bertz CT molecular complexity index is 891. The summed E-state index contributed by atoms with van der Waals surface area (Å²) in [5, 5.41) is -0.0577. The molecule has 1 aromatic carbocycles. The van der Waals surface area contributed by atoms with Crippen LogP contribution >= 0.6 is 11.6 Å². The lowest BCUT2D eigenvalue weighted by atomic mass is 9.76. The third-order valence-electron chi connectivity index (χ3n) is 4.56. The van der Waals surface area contributed by atoms with Crippen molar-refractivity contribution in [1.82, 2.24) is 4.57 Å². The van der Waals surface area contributed by atoms with Crippen LogP contribution in [0.5, 0.6) is 0 Å². The van der Waals surface area contributed by atoms with Crippen molar-refractivity contribution < 1.29 is 23.5 Å². The van der Waals surface area contributed by atoms with Gasteiger partial charge in [0.05, 0.1) is 17.8 Å². The third-order valence-corrected chi connectivity index (χ3v) is 4.85. The molecule has 0 N–H and O–H groups in total. The monoisotopic (exact) mass is 363 g/mol. The molecule has 2 atom stereocenters. The van der Waals surface area contributed by atoms with Gasteiger partial charge in [-0.05, 0) is 36.8 Å². The number of methoxy groups -OCH3 is 1. The van der Waals surface area contributed by atoms with Gasteiger partial charge in [0.25, 0.3) is 0 Å². The second kappa shape index (κ2) is 6.11. The van der Waals surface area contributed by atoms with Gasteiger partial charge in [0, 0.05) is 12.6 Å². The number of carbonyl (C=O) groups excluding carboxylic acids is 3. The van der Waals surface area contributed by atoms with E-state index in [4.69, 9.17) is 11.6 Å². The van der Waals surface area contributed by atoms with Crippen molar-refractivity contribution in [3.8, 4) is 0 Å². The fourth-order valence-corrected chi connectivity index (χ4v) is 3.46. The van der Waals surface area contributed by atoms with Crippen LogP contribution in [-0.4, -0.2) is 29.2 Å². The van der Waals surface area contributed by atoms with Gasteiger partial charge in [-0.3, -0.25) is 14.4 Å². The van der Waals surface area contributed by atoms with Gasteiger partial charge in [0.15, 0.2) is 11.7 Å². The highest BCUT2D eigenvalue weighted by Crippen LogP contribution is 2.35. The van der Waals surface area contributed by atoms with Crippen molar-refractivity contribution in [2.24, 2.45) is 5.92 Å². The summed E-state index contributed by atoms with van der Waals surface area (Å²) >= 11 is 5.82. The predicted octanol–water partition coefficient (Wildman–Crippen LogP) is 2.79. The van der Waals surface area contributed by atoms with Crippen LogP contribution in [0.4, 0.5) is 4.39 Å². The molecular formula is C18H15ClFNO4. The molecule has 1 aromatic heterocycles. The topological polar surface area (TPSA) is 65.4 Å². The molecule has 0 fully saturated rings. The molecule has 0 amide bonds. The van der Waals surface area contributed by atoms with E-state index in [9.17, 15) is 18.8 Å². The van der Waals surface area contributed by atoms with Crippen LogP contribution in [0.3, 0.4) is 0 Å². The average Bonchev–Trinajstić information content (AvgIpc) is 3.07. The molecule has 0 bridgehead atoms. The van der Waals surface area contributed by atoms with E-state index in [1.807, 2.05) is 0 Å². The molecule has 5 nitrogen and oxygen atoms in total. The van der Waals surface area contributed by atoms with Gasteiger partial charge in [-0.1, -0.05) is 17.7 Å². The van der Waals surface area contributed by atoms with Crippen LogP contribution < -0.4 is 0 Å². The Kier molecular flexibility index (Phi) is 4.24. The summed E-state index contributed by atoms with van der Waals surface area (Å²) in [5.41, 5.74) is -0.335. The smallest absolute Gasteiger partial charge is 0.324 e. The first kappa shape index (κ1) is 17.4. The van der Waals surface area contributed by atoms with Gasteiger partial charge in [0.1, 0.15) is 11.4 Å². The number of esters is 1. The lowest BCUT2D eigenvalue weighted by molar-refractivity contribution is -0.150. The minimum absolute atomic E-state index is 0.0577. The first-order valence-electron chi connectivity index (χ1n) is 7.57. The van der Waals surface area contributed by atoms with Crippen LogP contribution in [0.2, 0.25) is 5.02 Å². The van der Waals surface area contributed by atoms with Crippen molar-refractivity contribution in [2.45, 2.75) is 18.9 Å². The number of hydrogen-bond acceptors (Lipinski definition) is 4. The van der Waals surface area contributed by atoms with E-state index in [1.54, 1.807) is 29.8 Å². The number of fused-ring (bicyclic) bond motifs is 1. The average molecular weight is 364 g/mol. The summed E-state index contributed by atoms with van der Waals surface area (Å²) in [6.07, 6.45) is 1.76. The molecule has 25 heavy (non-hydrogen) atoms. The number of benzene rings is 1. The van der Waals surface area contributed by atoms with E-state index in [0.29, 0.717) is 5.56 Å². The maximum atomic E-state index is 13.4. The van der Waals surface area contributed by atoms with Crippen LogP contribution in [0, 0.1) is 11.7 Å². The predicted molar refractivity (Wildman–Crippen MR) is 88.0 cm³/mol. The van der Waals surface area contributed by atoms with E-state index in [2.05, 4.69) is 4.74 Å². The van der Waals surface area contributed by atoms with Gasteiger partial charge in [-0.15, -0.1) is 0 Å². The summed E-state index contributed by atoms with van der Waals surface area (Å²) < 4.78 is 19.6. The van der Waals surface area contributed by atoms with Gasteiger partial charge < -0.3 is 9.30 Å². The number of aromatic nitrogens is 1. The minimum atomic E-state index is -1.51. The molecule has 0 aliphatic carbocycles.